The second-order valence-electron chi connectivity index (χ2n) is 5.71. The first kappa shape index (κ1) is 32.6. The van der Waals surface area contributed by atoms with Gasteiger partial charge in [-0.15, -0.1) is 15.0 Å². The van der Waals surface area contributed by atoms with Gasteiger partial charge in [-0.1, -0.05) is 0 Å². The minimum absolute atomic E-state index is 0.221. The predicted molar refractivity (Wildman–Crippen MR) is 166 cm³/mol. The molecule has 1 heterocycles. The Balaban J connectivity index is 2.44. The van der Waals surface area contributed by atoms with Crippen LogP contribution in [0.25, 0.3) is 0 Å². The number of rotatable bonds is 24. The maximum atomic E-state index is 5.68. The van der Waals surface area contributed by atoms with Crippen molar-refractivity contribution in [1.29, 1.82) is 0 Å². The van der Waals surface area contributed by atoms with Gasteiger partial charge in [0.2, 0.25) is 0 Å². The Morgan fingerprint density at radius 2 is 0.697 bits per heavy atom. The molecule has 0 spiro atoms. The van der Waals surface area contributed by atoms with Gasteiger partial charge in [-0.25, -0.2) is 0 Å². The van der Waals surface area contributed by atoms with Gasteiger partial charge < -0.3 is 12.5 Å². The van der Waals surface area contributed by atoms with Crippen molar-refractivity contribution in [3.8, 4) is 18.0 Å². The average molecular weight is 628 g/mol. The lowest BCUT2D eigenvalue weighted by molar-refractivity contribution is 0.483. The van der Waals surface area contributed by atoms with Gasteiger partial charge in [-0.3, -0.25) is 0 Å². The fourth-order valence-corrected chi connectivity index (χ4v) is 8.77. The van der Waals surface area contributed by atoms with E-state index in [1.165, 1.54) is 53.4 Å². The van der Waals surface area contributed by atoms with Crippen molar-refractivity contribution >= 4 is 107 Å². The summed E-state index contributed by atoms with van der Waals surface area (Å²) in [5.74, 6) is 12.6. The molecule has 6 nitrogen and oxygen atoms in total. The molecule has 0 atom stereocenters. The summed E-state index contributed by atoms with van der Waals surface area (Å²) in [5, 5.41) is 0. The molecular formula is C18H33N3O3S9. The van der Waals surface area contributed by atoms with Crippen molar-refractivity contribution in [3.05, 3.63) is 0 Å². The standard InChI is InChI=1S/C18H33N3O3S9/c1-25-4-7-28-10-13-31-22-16-19-17(23-32-14-11-29-8-5-26-2)21-18(20-16)24-33-15-12-30-9-6-27-3/h4-15H2,1-3H3. The summed E-state index contributed by atoms with van der Waals surface area (Å²) in [6.07, 6.45) is 6.39. The lowest BCUT2D eigenvalue weighted by Crippen LogP contribution is -2.02. The molecule has 0 radical (unpaired) electrons. The minimum atomic E-state index is 0.221. The monoisotopic (exact) mass is 627 g/mol. The summed E-state index contributed by atoms with van der Waals surface area (Å²) in [7, 11) is 0. The Kier molecular flexibility index (Phi) is 24.9. The number of hydrogen-bond donors (Lipinski definition) is 0. The molecule has 0 saturated carbocycles. The zero-order valence-corrected chi connectivity index (χ0v) is 26.6. The average Bonchev–Trinajstić information content (AvgIpc) is 2.82. The molecule has 0 bridgehead atoms. The Morgan fingerprint density at radius 1 is 0.424 bits per heavy atom. The molecule has 192 valence electrons. The zero-order valence-electron chi connectivity index (χ0n) is 19.2. The third-order valence-electron chi connectivity index (χ3n) is 3.20. The third kappa shape index (κ3) is 20.3. The molecule has 0 aromatic carbocycles. The molecule has 33 heavy (non-hydrogen) atoms. The molecule has 0 aliphatic rings. The summed E-state index contributed by atoms with van der Waals surface area (Å²) in [6, 6.07) is 0.664. The van der Waals surface area contributed by atoms with Gasteiger partial charge in [0.15, 0.2) is 0 Å². The van der Waals surface area contributed by atoms with Crippen molar-refractivity contribution < 1.29 is 12.5 Å². The molecule has 0 aliphatic heterocycles. The van der Waals surface area contributed by atoms with Crippen LogP contribution in [0.5, 0.6) is 18.0 Å². The summed E-state index contributed by atoms with van der Waals surface area (Å²) in [6.45, 7) is 0. The van der Waals surface area contributed by atoms with E-state index < -0.39 is 0 Å². The molecule has 0 amide bonds. The van der Waals surface area contributed by atoms with E-state index in [-0.39, 0.29) is 18.0 Å². The van der Waals surface area contributed by atoms with Crippen LogP contribution in [-0.4, -0.2) is 103 Å². The summed E-state index contributed by atoms with van der Waals surface area (Å²) in [5.41, 5.74) is 0. The smallest absolute Gasteiger partial charge is 0.338 e. The number of aromatic nitrogens is 3. The largest absolute Gasteiger partial charge is 0.389 e. The van der Waals surface area contributed by atoms with Crippen LogP contribution in [0.15, 0.2) is 0 Å². The van der Waals surface area contributed by atoms with Crippen LogP contribution < -0.4 is 12.5 Å². The number of nitrogens with zero attached hydrogens (tertiary/aromatic N) is 3. The first-order valence-corrected chi connectivity index (χ1v) is 20.5. The molecule has 1 aromatic heterocycles. The summed E-state index contributed by atoms with van der Waals surface area (Å²) < 4.78 is 17.0. The Labute approximate surface area is 238 Å². The van der Waals surface area contributed by atoms with Crippen molar-refractivity contribution in [1.82, 2.24) is 15.0 Å². The van der Waals surface area contributed by atoms with E-state index in [1.54, 1.807) is 0 Å². The highest BCUT2D eigenvalue weighted by molar-refractivity contribution is 8.04. The van der Waals surface area contributed by atoms with Crippen LogP contribution in [0.3, 0.4) is 0 Å². The van der Waals surface area contributed by atoms with Crippen LogP contribution in [0.4, 0.5) is 0 Å². The zero-order chi connectivity index (χ0) is 23.8. The summed E-state index contributed by atoms with van der Waals surface area (Å²) in [4.78, 5) is 12.8. The highest BCUT2D eigenvalue weighted by Gasteiger charge is 2.12. The van der Waals surface area contributed by atoms with Gasteiger partial charge in [0.1, 0.15) is 0 Å². The molecule has 0 fully saturated rings. The lowest BCUT2D eigenvalue weighted by atomic mass is 10.9. The molecule has 0 saturated heterocycles. The first-order valence-electron chi connectivity index (χ1n) is 10.1. The van der Waals surface area contributed by atoms with Gasteiger partial charge in [0, 0.05) is 69.0 Å². The van der Waals surface area contributed by atoms with Gasteiger partial charge in [0.25, 0.3) is 0 Å². The van der Waals surface area contributed by atoms with E-state index in [4.69, 9.17) is 12.5 Å². The van der Waals surface area contributed by atoms with Crippen molar-refractivity contribution in [2.24, 2.45) is 0 Å². The van der Waals surface area contributed by atoms with Crippen molar-refractivity contribution in [3.63, 3.8) is 0 Å². The molecule has 0 unspecified atom stereocenters. The Bertz CT molecular complexity index is 494. The molecular weight excluding hydrogens is 595 g/mol. The second kappa shape index (κ2) is 25.2. The van der Waals surface area contributed by atoms with Gasteiger partial charge in [0.05, 0.1) is 36.1 Å². The third-order valence-corrected chi connectivity index (χ3v) is 11.5. The molecule has 0 N–H and O–H groups in total. The predicted octanol–water partition coefficient (Wildman–Crippen LogP) is 6.24. The number of hydrogen-bond acceptors (Lipinski definition) is 15. The summed E-state index contributed by atoms with van der Waals surface area (Å²) >= 11 is 15.4. The van der Waals surface area contributed by atoms with Crippen LogP contribution in [0.1, 0.15) is 0 Å². The number of thioether (sulfide) groups is 6. The highest BCUT2D eigenvalue weighted by atomic mass is 32.2. The van der Waals surface area contributed by atoms with E-state index in [0.29, 0.717) is 0 Å². The quantitative estimate of drug-likeness (QED) is 0.0958. The van der Waals surface area contributed by atoms with E-state index >= 15 is 0 Å². The fraction of sp³-hybridized carbons (Fsp3) is 0.833. The molecule has 15 heteroatoms. The van der Waals surface area contributed by atoms with Gasteiger partial charge in [-0.05, 0) is 18.8 Å². The van der Waals surface area contributed by atoms with E-state index in [9.17, 15) is 0 Å². The van der Waals surface area contributed by atoms with E-state index in [2.05, 4.69) is 33.7 Å². The molecule has 0 aliphatic carbocycles. The highest BCUT2D eigenvalue weighted by Crippen LogP contribution is 2.23. The maximum absolute atomic E-state index is 5.68. The second-order valence-corrected chi connectivity index (χ2v) is 14.8. The van der Waals surface area contributed by atoms with E-state index in [1.807, 2.05) is 70.6 Å². The van der Waals surface area contributed by atoms with Crippen LogP contribution >= 0.6 is 107 Å². The van der Waals surface area contributed by atoms with Crippen LogP contribution in [0, 0.1) is 0 Å². The van der Waals surface area contributed by atoms with Gasteiger partial charge in [-0.2, -0.15) is 70.6 Å². The van der Waals surface area contributed by atoms with Crippen molar-refractivity contribution in [2.45, 2.75) is 0 Å². The SMILES string of the molecule is CSCCSCCSOc1nc(OSCCSCCSC)nc(OSCCSCCSC)n1. The first-order chi connectivity index (χ1) is 16.3. The molecule has 1 aromatic rings. The topological polar surface area (TPSA) is 66.4 Å². The lowest BCUT2D eigenvalue weighted by Gasteiger charge is -2.08. The van der Waals surface area contributed by atoms with Crippen LogP contribution in [-0.2, 0) is 0 Å². The fourth-order valence-electron chi connectivity index (χ4n) is 1.73. The Hall–Kier alpha value is 1.56. The normalized spacial score (nSPS) is 11.0. The van der Waals surface area contributed by atoms with Crippen molar-refractivity contribution in [2.75, 3.05) is 87.8 Å². The van der Waals surface area contributed by atoms with Gasteiger partial charge >= 0.3 is 18.0 Å². The van der Waals surface area contributed by atoms with E-state index in [0.717, 1.165) is 51.8 Å². The molecule has 1 rings (SSSR count). The Morgan fingerprint density at radius 3 is 0.970 bits per heavy atom. The minimum Gasteiger partial charge on any atom is -0.389 e. The van der Waals surface area contributed by atoms with Crippen LogP contribution in [0.2, 0.25) is 0 Å². The maximum Gasteiger partial charge on any atom is 0.338 e.